The normalized spacial score (nSPS) is 18.8. The van der Waals surface area contributed by atoms with Gasteiger partial charge in [-0.25, -0.2) is 18.0 Å². The maximum atomic E-state index is 12.3. The second-order valence-electron chi connectivity index (χ2n) is 6.70. The quantitative estimate of drug-likeness (QED) is 0.835. The Labute approximate surface area is 146 Å². The highest BCUT2D eigenvalue weighted by molar-refractivity contribution is 7.91. The maximum Gasteiger partial charge on any atom is 0.408 e. The molecule has 1 aromatic rings. The summed E-state index contributed by atoms with van der Waals surface area (Å²) in [5.74, 6) is -1.47. The van der Waals surface area contributed by atoms with Crippen molar-refractivity contribution in [3.05, 3.63) is 23.3 Å². The number of hydrogen-bond acceptors (Lipinski definition) is 6. The summed E-state index contributed by atoms with van der Waals surface area (Å²) in [7, 11) is -2.34. The maximum absolute atomic E-state index is 12.3. The number of methoxy groups -OCH3 is 1. The molecule has 1 aliphatic heterocycles. The Bertz CT molecular complexity index is 809. The first-order valence-electron chi connectivity index (χ1n) is 7.62. The predicted molar refractivity (Wildman–Crippen MR) is 88.7 cm³/mol. The number of carbonyl (C=O) groups is 2. The molecule has 1 amide bonds. The van der Waals surface area contributed by atoms with Crippen LogP contribution in [0.1, 0.15) is 49.2 Å². The van der Waals surface area contributed by atoms with Crippen LogP contribution in [0.15, 0.2) is 17.0 Å². The molecule has 0 unspecified atom stereocenters. The van der Waals surface area contributed by atoms with E-state index < -0.39 is 33.5 Å². The van der Waals surface area contributed by atoms with Crippen LogP contribution in [-0.4, -0.2) is 44.1 Å². The first-order valence-corrected chi connectivity index (χ1v) is 9.27. The molecule has 0 saturated heterocycles. The molecule has 138 valence electrons. The van der Waals surface area contributed by atoms with E-state index in [1.807, 2.05) is 0 Å². The fraction of sp³-hybridized carbons (Fsp3) is 0.500. The average molecular weight is 371 g/mol. The molecule has 0 fully saturated rings. The highest BCUT2D eigenvalue weighted by Gasteiger charge is 2.34. The van der Waals surface area contributed by atoms with Crippen molar-refractivity contribution in [2.45, 2.75) is 43.7 Å². The van der Waals surface area contributed by atoms with Crippen LogP contribution in [0.5, 0.6) is 5.75 Å². The van der Waals surface area contributed by atoms with Gasteiger partial charge in [0.05, 0.1) is 23.8 Å². The van der Waals surface area contributed by atoms with E-state index in [9.17, 15) is 23.1 Å². The van der Waals surface area contributed by atoms with Crippen LogP contribution < -0.4 is 10.1 Å². The zero-order valence-electron chi connectivity index (χ0n) is 14.5. The van der Waals surface area contributed by atoms with Crippen molar-refractivity contribution in [1.82, 2.24) is 5.32 Å². The van der Waals surface area contributed by atoms with Crippen LogP contribution in [-0.2, 0) is 14.6 Å². The highest BCUT2D eigenvalue weighted by atomic mass is 32.2. The van der Waals surface area contributed by atoms with Gasteiger partial charge in [-0.15, -0.1) is 0 Å². The summed E-state index contributed by atoms with van der Waals surface area (Å²) in [6.07, 6.45) is -0.520. The number of carboxylic acids is 1. The van der Waals surface area contributed by atoms with Crippen LogP contribution in [0.25, 0.3) is 0 Å². The molecule has 0 aromatic heterocycles. The van der Waals surface area contributed by atoms with E-state index in [-0.39, 0.29) is 28.4 Å². The van der Waals surface area contributed by atoms with Crippen LogP contribution in [0.4, 0.5) is 4.79 Å². The molecule has 1 aromatic carbocycles. The summed E-state index contributed by atoms with van der Waals surface area (Å²) in [5, 5.41) is 11.9. The topological polar surface area (TPSA) is 119 Å². The van der Waals surface area contributed by atoms with Crippen LogP contribution in [0.3, 0.4) is 0 Å². The fourth-order valence-corrected chi connectivity index (χ4v) is 4.22. The molecule has 0 aliphatic carbocycles. The molecule has 9 heteroatoms. The number of carbonyl (C=O) groups excluding carboxylic acids is 1. The molecule has 25 heavy (non-hydrogen) atoms. The lowest BCUT2D eigenvalue weighted by atomic mass is 10.0. The van der Waals surface area contributed by atoms with Gasteiger partial charge in [-0.3, -0.25) is 0 Å². The molecule has 1 heterocycles. The number of carboxylic acid groups (broad SMARTS) is 1. The predicted octanol–water partition coefficient (Wildman–Crippen LogP) is 2.14. The standard InChI is InChI=1S/C16H21NO7S/c1-16(2,3)24-15(20)17-11-5-6-25(21,22)13-8-10(14(18)19)12(23-4)7-9(11)13/h7-8,11H,5-6H2,1-4H3,(H,17,20)(H,18,19)/t11-/m0/s1. The third kappa shape index (κ3) is 4.22. The molecule has 0 radical (unpaired) electrons. The van der Waals surface area contributed by atoms with Gasteiger partial charge < -0.3 is 19.9 Å². The van der Waals surface area contributed by atoms with Gasteiger partial charge in [0.25, 0.3) is 0 Å². The van der Waals surface area contributed by atoms with Crippen molar-refractivity contribution in [1.29, 1.82) is 0 Å². The Morgan fingerprint density at radius 3 is 2.44 bits per heavy atom. The molecule has 1 aliphatic rings. The molecule has 1 atom stereocenters. The van der Waals surface area contributed by atoms with E-state index in [1.54, 1.807) is 20.8 Å². The van der Waals surface area contributed by atoms with Gasteiger partial charge in [0.1, 0.15) is 16.9 Å². The molecular weight excluding hydrogens is 350 g/mol. The van der Waals surface area contributed by atoms with Gasteiger partial charge in [0, 0.05) is 0 Å². The lowest BCUT2D eigenvalue weighted by Crippen LogP contribution is -2.37. The number of hydrogen-bond donors (Lipinski definition) is 2. The number of nitrogens with one attached hydrogen (secondary N) is 1. The minimum Gasteiger partial charge on any atom is -0.496 e. The third-order valence-electron chi connectivity index (χ3n) is 3.64. The molecule has 2 rings (SSSR count). The number of benzene rings is 1. The van der Waals surface area contributed by atoms with E-state index in [2.05, 4.69) is 5.32 Å². The van der Waals surface area contributed by atoms with Crippen molar-refractivity contribution >= 4 is 21.9 Å². The lowest BCUT2D eigenvalue weighted by molar-refractivity contribution is 0.0499. The number of alkyl carbamates (subject to hydrolysis) is 1. The summed E-state index contributed by atoms with van der Waals surface area (Å²) >= 11 is 0. The summed E-state index contributed by atoms with van der Waals surface area (Å²) < 4.78 is 34.9. The van der Waals surface area contributed by atoms with Crippen molar-refractivity contribution < 1.29 is 32.6 Å². The van der Waals surface area contributed by atoms with E-state index >= 15 is 0 Å². The van der Waals surface area contributed by atoms with Gasteiger partial charge in [0.2, 0.25) is 0 Å². The summed E-state index contributed by atoms with van der Waals surface area (Å²) in [6.45, 7) is 5.15. The van der Waals surface area contributed by atoms with Crippen molar-refractivity contribution in [2.75, 3.05) is 12.9 Å². The van der Waals surface area contributed by atoms with Gasteiger partial charge in [-0.1, -0.05) is 0 Å². The van der Waals surface area contributed by atoms with Crippen molar-refractivity contribution in [2.24, 2.45) is 0 Å². The monoisotopic (exact) mass is 371 g/mol. The molecule has 8 nitrogen and oxygen atoms in total. The molecular formula is C16H21NO7S. The second-order valence-corrected chi connectivity index (χ2v) is 8.78. The van der Waals surface area contributed by atoms with E-state index in [0.717, 1.165) is 6.07 Å². The number of sulfone groups is 1. The number of rotatable bonds is 3. The zero-order chi connectivity index (χ0) is 19.0. The second kappa shape index (κ2) is 6.55. The van der Waals surface area contributed by atoms with Crippen LogP contribution in [0, 0.1) is 0 Å². The number of aromatic carboxylic acids is 1. The average Bonchev–Trinajstić information content (AvgIpc) is 2.47. The van der Waals surface area contributed by atoms with Gasteiger partial charge in [-0.2, -0.15) is 0 Å². The summed E-state index contributed by atoms with van der Waals surface area (Å²) in [4.78, 5) is 23.2. The Balaban J connectivity index is 2.46. The Kier molecular flexibility index (Phi) is 4.99. The van der Waals surface area contributed by atoms with Gasteiger partial charge in [0.15, 0.2) is 9.84 Å². The minimum atomic E-state index is -3.64. The van der Waals surface area contributed by atoms with Gasteiger partial charge >= 0.3 is 12.1 Å². The first-order chi connectivity index (χ1) is 11.4. The smallest absolute Gasteiger partial charge is 0.408 e. The highest BCUT2D eigenvalue weighted by Crippen LogP contribution is 2.37. The van der Waals surface area contributed by atoms with E-state index in [0.29, 0.717) is 5.56 Å². The first kappa shape index (κ1) is 19.0. The largest absolute Gasteiger partial charge is 0.496 e. The van der Waals surface area contributed by atoms with Crippen molar-refractivity contribution in [3.8, 4) is 5.75 Å². The molecule has 0 saturated carbocycles. The Hall–Kier alpha value is -2.29. The fourth-order valence-electron chi connectivity index (χ4n) is 2.59. The Morgan fingerprint density at radius 2 is 1.92 bits per heavy atom. The molecule has 0 bridgehead atoms. The third-order valence-corrected chi connectivity index (χ3v) is 5.44. The summed E-state index contributed by atoms with van der Waals surface area (Å²) in [6, 6.07) is 1.80. The summed E-state index contributed by atoms with van der Waals surface area (Å²) in [5.41, 5.74) is -0.653. The number of amides is 1. The van der Waals surface area contributed by atoms with Crippen LogP contribution >= 0.6 is 0 Å². The zero-order valence-corrected chi connectivity index (χ0v) is 15.3. The SMILES string of the molecule is COc1cc2c(cc1C(=O)O)S(=O)(=O)CC[C@@H]2NC(=O)OC(C)(C)C. The lowest BCUT2D eigenvalue weighted by Gasteiger charge is -2.28. The molecule has 2 N–H and O–H groups in total. The number of fused-ring (bicyclic) bond motifs is 1. The van der Waals surface area contributed by atoms with Crippen molar-refractivity contribution in [3.63, 3.8) is 0 Å². The van der Waals surface area contributed by atoms with E-state index in [4.69, 9.17) is 9.47 Å². The Morgan fingerprint density at radius 1 is 1.28 bits per heavy atom. The van der Waals surface area contributed by atoms with E-state index in [1.165, 1.54) is 13.2 Å². The van der Waals surface area contributed by atoms with Crippen LogP contribution in [0.2, 0.25) is 0 Å². The molecule has 0 spiro atoms. The number of ether oxygens (including phenoxy) is 2. The van der Waals surface area contributed by atoms with Gasteiger partial charge in [-0.05, 0) is 44.9 Å². The minimum absolute atomic E-state index is 0.0272.